The van der Waals surface area contributed by atoms with Gasteiger partial charge in [-0.15, -0.1) is 5.10 Å². The first kappa shape index (κ1) is 4.76. The summed E-state index contributed by atoms with van der Waals surface area (Å²) in [5, 5.41) is 6.57. The summed E-state index contributed by atoms with van der Waals surface area (Å²) in [5.74, 6) is 5.02. The predicted molar refractivity (Wildman–Crippen MR) is 25.0 cm³/mol. The number of nitrogens with zero attached hydrogens (tertiary/aromatic N) is 3. The van der Waals surface area contributed by atoms with Crippen LogP contribution in [-0.4, -0.2) is 21.4 Å². The average Bonchev–Trinajstić information content (AvgIpc) is 2.14. The second-order valence-electron chi connectivity index (χ2n) is 1.19. The Hall–Kier alpha value is -1.39. The van der Waals surface area contributed by atoms with E-state index in [4.69, 9.17) is 5.84 Å². The van der Waals surface area contributed by atoms with Gasteiger partial charge in [0.05, 0.1) is 6.20 Å². The Balaban J connectivity index is 3.00. The summed E-state index contributed by atoms with van der Waals surface area (Å²) in [6.07, 6.45) is 2.79. The van der Waals surface area contributed by atoms with Gasteiger partial charge >= 0.3 is 0 Å². The van der Waals surface area contributed by atoms with Crippen molar-refractivity contribution >= 4 is 6.29 Å². The molecule has 0 aliphatic heterocycles. The highest BCUT2D eigenvalue weighted by atomic mass is 16.1. The Bertz CT molecular complexity index is 193. The summed E-state index contributed by atoms with van der Waals surface area (Å²) in [6.45, 7) is 0. The van der Waals surface area contributed by atoms with Gasteiger partial charge in [0.15, 0.2) is 5.69 Å². The first-order valence-corrected chi connectivity index (χ1v) is 1.88. The van der Waals surface area contributed by atoms with Gasteiger partial charge in [-0.2, -0.15) is 4.79 Å². The summed E-state index contributed by atoms with van der Waals surface area (Å²) >= 11 is 0. The van der Waals surface area contributed by atoms with Crippen molar-refractivity contribution in [1.29, 1.82) is 0 Å². The fraction of sp³-hybridized carbons (Fsp3) is 0. The Kier molecular flexibility index (Phi) is 0.957. The largest absolute Gasteiger partial charge is 0.322 e. The molecule has 0 amide bonds. The van der Waals surface area contributed by atoms with Gasteiger partial charge in [0, 0.05) is 0 Å². The van der Waals surface area contributed by atoms with Crippen molar-refractivity contribution in [3.05, 3.63) is 11.9 Å². The number of rotatable bonds is 1. The van der Waals surface area contributed by atoms with Crippen LogP contribution in [0, 0.1) is 0 Å². The Morgan fingerprint density at radius 2 is 2.62 bits per heavy atom. The standard InChI is InChI=1S/C3H3N4O/c4-7-1-3(2-8)5-6-7/h1H,4H2. The minimum absolute atomic E-state index is 0.118. The number of aromatic nitrogens is 3. The molecule has 0 fully saturated rings. The van der Waals surface area contributed by atoms with Gasteiger partial charge in [-0.1, -0.05) is 0 Å². The highest BCUT2D eigenvalue weighted by Crippen LogP contribution is 1.79. The minimum Gasteiger partial charge on any atom is -0.322 e. The average molecular weight is 111 g/mol. The maximum Gasteiger partial charge on any atom is 0.257 e. The molecule has 0 aromatic carbocycles. The van der Waals surface area contributed by atoms with E-state index in [0.717, 1.165) is 4.79 Å². The molecule has 0 unspecified atom stereocenters. The van der Waals surface area contributed by atoms with Crippen molar-refractivity contribution in [3.8, 4) is 0 Å². The molecular formula is C3H3N4O. The maximum atomic E-state index is 9.72. The molecule has 2 N–H and O–H groups in total. The molecule has 1 heterocycles. The van der Waals surface area contributed by atoms with Crippen molar-refractivity contribution in [2.45, 2.75) is 0 Å². The van der Waals surface area contributed by atoms with Crippen LogP contribution in [0.4, 0.5) is 0 Å². The lowest BCUT2D eigenvalue weighted by molar-refractivity contribution is 0.561. The van der Waals surface area contributed by atoms with Crippen molar-refractivity contribution in [2.75, 3.05) is 5.84 Å². The van der Waals surface area contributed by atoms with Gasteiger partial charge < -0.3 is 5.84 Å². The van der Waals surface area contributed by atoms with E-state index in [1.165, 1.54) is 12.5 Å². The third-order valence-corrected chi connectivity index (χ3v) is 0.615. The Labute approximate surface area is 45.1 Å². The SMILES string of the molecule is Nn1cc([C]=O)nn1. The van der Waals surface area contributed by atoms with Gasteiger partial charge in [0.25, 0.3) is 6.29 Å². The van der Waals surface area contributed by atoms with E-state index in [9.17, 15) is 4.79 Å². The molecule has 0 saturated carbocycles. The summed E-state index contributed by atoms with van der Waals surface area (Å²) in [4.78, 5) is 10.7. The number of hydrogen-bond acceptors (Lipinski definition) is 4. The highest BCUT2D eigenvalue weighted by molar-refractivity contribution is 5.71. The summed E-state index contributed by atoms with van der Waals surface area (Å²) in [6, 6.07) is 0. The molecule has 1 radical (unpaired) electrons. The van der Waals surface area contributed by atoms with E-state index in [0.29, 0.717) is 0 Å². The molecule has 0 aliphatic rings. The highest BCUT2D eigenvalue weighted by Gasteiger charge is 1.92. The molecule has 0 aliphatic carbocycles. The van der Waals surface area contributed by atoms with Crippen LogP contribution < -0.4 is 5.84 Å². The Morgan fingerprint density at radius 3 is 2.88 bits per heavy atom. The maximum absolute atomic E-state index is 9.72. The van der Waals surface area contributed by atoms with Gasteiger partial charge in [-0.3, -0.25) is 4.79 Å². The molecular weight excluding hydrogens is 108 g/mol. The van der Waals surface area contributed by atoms with Crippen molar-refractivity contribution < 1.29 is 4.79 Å². The van der Waals surface area contributed by atoms with Crippen LogP contribution in [0.15, 0.2) is 6.20 Å². The first-order chi connectivity index (χ1) is 3.83. The van der Waals surface area contributed by atoms with Crippen LogP contribution >= 0.6 is 0 Å². The molecule has 0 atom stereocenters. The van der Waals surface area contributed by atoms with Gasteiger partial charge in [0.2, 0.25) is 0 Å². The van der Waals surface area contributed by atoms with Crippen LogP contribution in [0.2, 0.25) is 0 Å². The van der Waals surface area contributed by atoms with E-state index in [1.807, 2.05) is 0 Å². The number of carbonyl (C=O) groups excluding carboxylic acids is 1. The lowest BCUT2D eigenvalue weighted by atomic mass is 10.6. The summed E-state index contributed by atoms with van der Waals surface area (Å²) in [7, 11) is 0. The van der Waals surface area contributed by atoms with Crippen LogP contribution in [0.25, 0.3) is 0 Å². The molecule has 0 saturated heterocycles. The molecule has 5 heteroatoms. The van der Waals surface area contributed by atoms with Gasteiger partial charge in [-0.25, -0.2) is 0 Å². The van der Waals surface area contributed by atoms with E-state index in [2.05, 4.69) is 10.3 Å². The van der Waals surface area contributed by atoms with Gasteiger partial charge in [0.1, 0.15) is 0 Å². The van der Waals surface area contributed by atoms with Crippen molar-refractivity contribution in [2.24, 2.45) is 0 Å². The molecule has 5 nitrogen and oxygen atoms in total. The summed E-state index contributed by atoms with van der Waals surface area (Å²) < 4.78 is 0. The van der Waals surface area contributed by atoms with Crippen molar-refractivity contribution in [3.63, 3.8) is 0 Å². The van der Waals surface area contributed by atoms with E-state index >= 15 is 0 Å². The molecule has 1 aromatic heterocycles. The van der Waals surface area contributed by atoms with E-state index < -0.39 is 0 Å². The molecule has 0 bridgehead atoms. The quantitative estimate of drug-likeness (QED) is 0.445. The summed E-state index contributed by atoms with van der Waals surface area (Å²) in [5.41, 5.74) is 0.118. The zero-order chi connectivity index (χ0) is 5.98. The van der Waals surface area contributed by atoms with E-state index in [-0.39, 0.29) is 5.69 Å². The predicted octanol–water partition coefficient (Wildman–Crippen LogP) is -1.55. The zero-order valence-electron chi connectivity index (χ0n) is 3.90. The van der Waals surface area contributed by atoms with Crippen LogP contribution in [0.1, 0.15) is 5.69 Å². The van der Waals surface area contributed by atoms with Crippen LogP contribution in [-0.2, 0) is 4.79 Å². The first-order valence-electron chi connectivity index (χ1n) is 1.88. The van der Waals surface area contributed by atoms with Crippen LogP contribution in [0.3, 0.4) is 0 Å². The Morgan fingerprint density at radius 1 is 1.88 bits per heavy atom. The lowest BCUT2D eigenvalue weighted by Crippen LogP contribution is -2.07. The molecule has 1 aromatic rings. The number of nitrogens with two attached hydrogens (primary N) is 1. The van der Waals surface area contributed by atoms with Crippen molar-refractivity contribution in [1.82, 2.24) is 15.1 Å². The smallest absolute Gasteiger partial charge is 0.257 e. The fourth-order valence-corrected chi connectivity index (χ4v) is 0.324. The minimum atomic E-state index is 0.118. The van der Waals surface area contributed by atoms with Gasteiger partial charge in [-0.05, 0) is 5.21 Å². The zero-order valence-corrected chi connectivity index (χ0v) is 3.90. The second-order valence-corrected chi connectivity index (χ2v) is 1.19. The molecule has 0 spiro atoms. The third-order valence-electron chi connectivity index (χ3n) is 0.615. The fourth-order valence-electron chi connectivity index (χ4n) is 0.324. The number of hydrogen-bond donors (Lipinski definition) is 1. The number of nitrogen functional groups attached to an aromatic ring is 1. The molecule has 41 valence electrons. The monoisotopic (exact) mass is 111 g/mol. The normalized spacial score (nSPS) is 9.00. The molecule has 8 heavy (non-hydrogen) atoms. The van der Waals surface area contributed by atoms with Crippen LogP contribution in [0.5, 0.6) is 0 Å². The lowest BCUT2D eigenvalue weighted by Gasteiger charge is -1.76. The third kappa shape index (κ3) is 0.651. The van der Waals surface area contributed by atoms with E-state index in [1.54, 1.807) is 0 Å². The second kappa shape index (κ2) is 1.61. The molecule has 1 rings (SSSR count). The topological polar surface area (TPSA) is 73.8 Å².